The minimum atomic E-state index is -1.29. The van der Waals surface area contributed by atoms with Crippen LogP contribution >= 0.6 is 0 Å². The summed E-state index contributed by atoms with van der Waals surface area (Å²) in [6, 6.07) is 11.5. The molecular formula is C29H27F2N9O2. The molecule has 42 heavy (non-hydrogen) atoms. The van der Waals surface area contributed by atoms with Gasteiger partial charge in [-0.15, -0.1) is 5.10 Å². The molecule has 13 heteroatoms. The second-order valence-electron chi connectivity index (χ2n) is 9.97. The van der Waals surface area contributed by atoms with Crippen molar-refractivity contribution in [2.24, 2.45) is 7.05 Å². The Morgan fingerprint density at radius 3 is 2.83 bits per heavy atom. The number of amides is 1. The molecule has 2 aromatic carbocycles. The fraction of sp³-hybridized carbons (Fsp3) is 0.241. The Labute approximate surface area is 239 Å². The third kappa shape index (κ3) is 5.16. The first-order valence-electron chi connectivity index (χ1n) is 13.3. The van der Waals surface area contributed by atoms with Gasteiger partial charge in [0.2, 0.25) is 5.91 Å². The number of aromatic nitrogens is 6. The number of alkyl halides is 1. The summed E-state index contributed by atoms with van der Waals surface area (Å²) in [5, 5.41) is 13.7. The van der Waals surface area contributed by atoms with Gasteiger partial charge in [-0.25, -0.2) is 28.4 Å². The highest BCUT2D eigenvalue weighted by molar-refractivity contribution is 5.88. The van der Waals surface area contributed by atoms with E-state index in [1.807, 2.05) is 6.07 Å². The van der Waals surface area contributed by atoms with Crippen LogP contribution in [0.1, 0.15) is 12.0 Å². The maximum Gasteiger partial charge on any atom is 0.243 e. The number of rotatable bonds is 7. The first kappa shape index (κ1) is 27.0. The highest BCUT2D eigenvalue weighted by Crippen LogP contribution is 2.34. The molecule has 6 rings (SSSR count). The van der Waals surface area contributed by atoms with Crippen molar-refractivity contribution in [2.75, 3.05) is 23.3 Å². The van der Waals surface area contributed by atoms with Gasteiger partial charge in [-0.05, 0) is 55.8 Å². The molecule has 1 fully saturated rings. The third-order valence-corrected chi connectivity index (χ3v) is 7.25. The van der Waals surface area contributed by atoms with Crippen LogP contribution in [0.5, 0.6) is 11.5 Å². The quantitative estimate of drug-likeness (QED) is 0.272. The Hall–Kier alpha value is -5.20. The number of ether oxygens (including phenoxy) is 1. The van der Waals surface area contributed by atoms with Gasteiger partial charge in [-0.3, -0.25) is 4.79 Å². The van der Waals surface area contributed by atoms with Crippen LogP contribution in [-0.4, -0.2) is 61.2 Å². The fourth-order valence-electron chi connectivity index (χ4n) is 4.93. The number of carbonyl (C=O) groups is 1. The zero-order valence-corrected chi connectivity index (χ0v) is 22.9. The standard InChI is InChI=1S/C29H27F2N9O2/c1-4-26(41)34-19-11-12-40(14-18(19)30)25-10-7-21-28(36-25)29(33-15-32-21)35-20-6-9-24(16(2)27(20)31)42-17-5-8-23-22(13-17)37-38-39(23)3/h4-10,13,15,18-19H,1,11-12,14H2,2-3H3,(H,34,41)(H,32,33,35)/t18-,19+/m1/s1. The van der Waals surface area contributed by atoms with Crippen molar-refractivity contribution >= 4 is 45.3 Å². The Balaban J connectivity index is 1.22. The van der Waals surface area contributed by atoms with Crippen LogP contribution in [0.2, 0.25) is 0 Å². The summed E-state index contributed by atoms with van der Waals surface area (Å²) in [6.45, 7) is 5.57. The van der Waals surface area contributed by atoms with Gasteiger partial charge >= 0.3 is 0 Å². The molecular weight excluding hydrogens is 544 g/mol. The largest absolute Gasteiger partial charge is 0.457 e. The van der Waals surface area contributed by atoms with E-state index in [0.717, 1.165) is 11.6 Å². The van der Waals surface area contributed by atoms with Gasteiger partial charge in [-0.1, -0.05) is 11.8 Å². The van der Waals surface area contributed by atoms with Crippen LogP contribution in [0.3, 0.4) is 0 Å². The van der Waals surface area contributed by atoms with E-state index in [1.165, 1.54) is 6.33 Å². The van der Waals surface area contributed by atoms with E-state index in [9.17, 15) is 9.18 Å². The van der Waals surface area contributed by atoms with Gasteiger partial charge in [0.1, 0.15) is 40.8 Å². The lowest BCUT2D eigenvalue weighted by atomic mass is 10.0. The van der Waals surface area contributed by atoms with E-state index in [-0.39, 0.29) is 12.2 Å². The van der Waals surface area contributed by atoms with Gasteiger partial charge in [-0.2, -0.15) is 0 Å². The Kier molecular flexibility index (Phi) is 7.07. The van der Waals surface area contributed by atoms with Crippen molar-refractivity contribution in [3.63, 3.8) is 0 Å². The number of benzene rings is 2. The number of nitrogens with zero attached hydrogens (tertiary/aromatic N) is 7. The predicted molar refractivity (Wildman–Crippen MR) is 154 cm³/mol. The minimum absolute atomic E-state index is 0.0517. The van der Waals surface area contributed by atoms with Gasteiger partial charge in [0.05, 0.1) is 29.3 Å². The molecule has 0 bridgehead atoms. The number of piperidine rings is 1. The molecule has 2 N–H and O–H groups in total. The first-order valence-corrected chi connectivity index (χ1v) is 13.3. The van der Waals surface area contributed by atoms with E-state index in [4.69, 9.17) is 9.72 Å². The van der Waals surface area contributed by atoms with E-state index in [1.54, 1.807) is 60.0 Å². The highest BCUT2D eigenvalue weighted by atomic mass is 19.1. The fourth-order valence-corrected chi connectivity index (χ4v) is 4.93. The van der Waals surface area contributed by atoms with Crippen molar-refractivity contribution in [1.29, 1.82) is 0 Å². The van der Waals surface area contributed by atoms with Crippen LogP contribution in [-0.2, 0) is 11.8 Å². The Bertz CT molecular complexity index is 1830. The van der Waals surface area contributed by atoms with Crippen LogP contribution in [0.4, 0.5) is 26.1 Å². The molecule has 2 atom stereocenters. The lowest BCUT2D eigenvalue weighted by Crippen LogP contribution is -2.52. The molecule has 214 valence electrons. The van der Waals surface area contributed by atoms with E-state index in [2.05, 4.69) is 37.5 Å². The smallest absolute Gasteiger partial charge is 0.243 e. The summed E-state index contributed by atoms with van der Waals surface area (Å²) in [6.07, 6.45) is 1.61. The Morgan fingerprint density at radius 1 is 1.17 bits per heavy atom. The van der Waals surface area contributed by atoms with E-state index >= 15 is 4.39 Å². The number of hydrogen-bond donors (Lipinski definition) is 2. The first-order chi connectivity index (χ1) is 20.3. The molecule has 1 aliphatic rings. The summed E-state index contributed by atoms with van der Waals surface area (Å²) in [5.41, 5.74) is 2.94. The van der Waals surface area contributed by atoms with Crippen molar-refractivity contribution in [3.05, 3.63) is 72.8 Å². The zero-order chi connectivity index (χ0) is 29.4. The van der Waals surface area contributed by atoms with Gasteiger partial charge in [0.15, 0.2) is 11.6 Å². The molecule has 1 aliphatic heterocycles. The molecule has 0 unspecified atom stereocenters. The van der Waals surface area contributed by atoms with Crippen molar-refractivity contribution in [3.8, 4) is 11.5 Å². The second kappa shape index (κ2) is 11.0. The van der Waals surface area contributed by atoms with Gasteiger partial charge in [0, 0.05) is 25.2 Å². The second-order valence-corrected chi connectivity index (χ2v) is 9.97. The number of nitrogens with one attached hydrogen (secondary N) is 2. The summed E-state index contributed by atoms with van der Waals surface area (Å²) in [5.74, 6) is 0.761. The molecule has 0 aliphatic carbocycles. The number of hydrogen-bond acceptors (Lipinski definition) is 9. The van der Waals surface area contributed by atoms with Crippen molar-refractivity contribution in [1.82, 2.24) is 35.3 Å². The third-order valence-electron chi connectivity index (χ3n) is 7.25. The topological polar surface area (TPSA) is 123 Å². The SMILES string of the molecule is C=CC(=O)N[C@H]1CCN(c2ccc3ncnc(Nc4ccc(Oc5ccc6c(c5)nnn6C)c(C)c4F)c3n2)C[C@H]1F. The molecule has 5 aromatic rings. The molecule has 0 radical (unpaired) electrons. The number of aryl methyl sites for hydroxylation is 1. The molecule has 0 saturated carbocycles. The van der Waals surface area contributed by atoms with Crippen LogP contribution in [0.25, 0.3) is 22.1 Å². The molecule has 3 aromatic heterocycles. The maximum atomic E-state index is 15.6. The van der Waals surface area contributed by atoms with Gasteiger partial charge < -0.3 is 20.3 Å². The summed E-state index contributed by atoms with van der Waals surface area (Å²) >= 11 is 0. The Morgan fingerprint density at radius 2 is 2.02 bits per heavy atom. The molecule has 4 heterocycles. The maximum absolute atomic E-state index is 15.6. The van der Waals surface area contributed by atoms with Crippen LogP contribution in [0, 0.1) is 12.7 Å². The average Bonchev–Trinajstić information content (AvgIpc) is 3.37. The lowest BCUT2D eigenvalue weighted by Gasteiger charge is -2.35. The number of pyridine rings is 1. The number of anilines is 3. The summed E-state index contributed by atoms with van der Waals surface area (Å²) < 4.78 is 38.0. The van der Waals surface area contributed by atoms with E-state index in [0.29, 0.717) is 58.2 Å². The lowest BCUT2D eigenvalue weighted by molar-refractivity contribution is -0.117. The van der Waals surface area contributed by atoms with Crippen LogP contribution in [0.15, 0.2) is 61.4 Å². The highest BCUT2D eigenvalue weighted by Gasteiger charge is 2.30. The molecule has 1 amide bonds. The number of fused-ring (bicyclic) bond motifs is 2. The number of halogens is 2. The number of carbonyl (C=O) groups excluding carboxylic acids is 1. The summed E-state index contributed by atoms with van der Waals surface area (Å²) in [7, 11) is 1.80. The molecule has 1 saturated heterocycles. The molecule has 0 spiro atoms. The summed E-state index contributed by atoms with van der Waals surface area (Å²) in [4.78, 5) is 26.7. The zero-order valence-electron chi connectivity index (χ0n) is 22.9. The van der Waals surface area contributed by atoms with Gasteiger partial charge in [0.25, 0.3) is 0 Å². The monoisotopic (exact) mass is 571 g/mol. The predicted octanol–water partition coefficient (Wildman–Crippen LogP) is 4.51. The van der Waals surface area contributed by atoms with Crippen molar-refractivity contribution in [2.45, 2.75) is 25.6 Å². The normalized spacial score (nSPS) is 16.9. The van der Waals surface area contributed by atoms with Crippen LogP contribution < -0.4 is 20.3 Å². The van der Waals surface area contributed by atoms with Crippen molar-refractivity contribution < 1.29 is 18.3 Å². The average molecular weight is 572 g/mol. The van der Waals surface area contributed by atoms with E-state index < -0.39 is 23.9 Å². The minimum Gasteiger partial charge on any atom is -0.457 e. The molecule has 11 nitrogen and oxygen atoms in total.